The summed E-state index contributed by atoms with van der Waals surface area (Å²) in [4.78, 5) is 15.9. The van der Waals surface area contributed by atoms with Crippen LogP contribution in [0.5, 0.6) is 0 Å². The number of anilines is 2. The van der Waals surface area contributed by atoms with Gasteiger partial charge in [0, 0.05) is 50.5 Å². The van der Waals surface area contributed by atoms with Crippen LogP contribution in [-0.4, -0.2) is 75.8 Å². The number of nitrogens with one attached hydrogen (secondary N) is 1. The highest BCUT2D eigenvalue weighted by atomic mass is 19.1. The van der Waals surface area contributed by atoms with Gasteiger partial charge in [-0.15, -0.1) is 0 Å². The lowest BCUT2D eigenvalue weighted by Crippen LogP contribution is -2.51. The van der Waals surface area contributed by atoms with Gasteiger partial charge in [-0.1, -0.05) is 26.0 Å². The van der Waals surface area contributed by atoms with Gasteiger partial charge in [-0.3, -0.25) is 10.00 Å². The minimum atomic E-state index is -0.175. The summed E-state index contributed by atoms with van der Waals surface area (Å²) in [6.07, 6.45) is 6.30. The Balaban J connectivity index is 0.00000126. The van der Waals surface area contributed by atoms with Crippen molar-refractivity contribution in [2.24, 2.45) is 0 Å². The lowest BCUT2D eigenvalue weighted by atomic mass is 10.0. The van der Waals surface area contributed by atoms with Crippen LogP contribution in [0.3, 0.4) is 0 Å². The van der Waals surface area contributed by atoms with Crippen molar-refractivity contribution >= 4 is 11.6 Å². The van der Waals surface area contributed by atoms with Crippen molar-refractivity contribution < 1.29 is 4.39 Å². The average Bonchev–Trinajstić information content (AvgIpc) is 3.34. The van der Waals surface area contributed by atoms with E-state index in [-0.39, 0.29) is 11.9 Å². The third-order valence-corrected chi connectivity index (χ3v) is 6.31. The van der Waals surface area contributed by atoms with E-state index >= 15 is 0 Å². The summed E-state index contributed by atoms with van der Waals surface area (Å²) in [7, 11) is 0. The smallest absolute Gasteiger partial charge is 0.142 e. The molecular formula is C24H33FN8. The first kappa shape index (κ1) is 23.1. The van der Waals surface area contributed by atoms with Crippen LogP contribution in [0.15, 0.2) is 43.0 Å². The van der Waals surface area contributed by atoms with Gasteiger partial charge in [-0.25, -0.2) is 14.4 Å². The Morgan fingerprint density at radius 3 is 2.52 bits per heavy atom. The van der Waals surface area contributed by atoms with Gasteiger partial charge in [0.2, 0.25) is 0 Å². The van der Waals surface area contributed by atoms with Gasteiger partial charge in [-0.05, 0) is 37.2 Å². The molecule has 176 valence electrons. The SMILES string of the molecule is CC.Nc1ncnc(N2CCN(C(CN3CCC3)c3cccc(F)c3)CC2)c1-c1cn[nH]c1. The van der Waals surface area contributed by atoms with Crippen molar-refractivity contribution in [1.29, 1.82) is 0 Å². The van der Waals surface area contributed by atoms with Crippen LogP contribution >= 0.6 is 0 Å². The van der Waals surface area contributed by atoms with E-state index in [9.17, 15) is 4.39 Å². The van der Waals surface area contributed by atoms with Crippen LogP contribution in [0.2, 0.25) is 0 Å². The van der Waals surface area contributed by atoms with Crippen LogP contribution in [0.25, 0.3) is 11.1 Å². The van der Waals surface area contributed by atoms with Crippen LogP contribution < -0.4 is 10.6 Å². The first-order valence-electron chi connectivity index (χ1n) is 11.8. The molecule has 0 spiro atoms. The maximum atomic E-state index is 14.0. The summed E-state index contributed by atoms with van der Waals surface area (Å²) >= 11 is 0. The predicted octanol–water partition coefficient (Wildman–Crippen LogP) is 3.18. The molecule has 1 unspecified atom stereocenters. The Morgan fingerprint density at radius 2 is 1.88 bits per heavy atom. The van der Waals surface area contributed by atoms with E-state index in [2.05, 4.69) is 34.9 Å². The van der Waals surface area contributed by atoms with Crippen molar-refractivity contribution in [1.82, 2.24) is 30.0 Å². The molecule has 2 aliphatic rings. The molecule has 1 aromatic carbocycles. The van der Waals surface area contributed by atoms with E-state index in [4.69, 9.17) is 5.73 Å². The molecule has 0 radical (unpaired) electrons. The molecule has 33 heavy (non-hydrogen) atoms. The lowest BCUT2D eigenvalue weighted by Gasteiger charge is -2.43. The molecule has 2 aliphatic heterocycles. The van der Waals surface area contributed by atoms with Crippen molar-refractivity contribution in [3.05, 3.63) is 54.4 Å². The number of H-pyrrole nitrogens is 1. The average molecular weight is 453 g/mol. The minimum Gasteiger partial charge on any atom is -0.383 e. The van der Waals surface area contributed by atoms with E-state index < -0.39 is 0 Å². The van der Waals surface area contributed by atoms with Crippen molar-refractivity contribution in [2.45, 2.75) is 26.3 Å². The van der Waals surface area contributed by atoms with Crippen molar-refractivity contribution in [3.8, 4) is 11.1 Å². The molecule has 3 N–H and O–H groups in total. The first-order valence-corrected chi connectivity index (χ1v) is 11.8. The topological polar surface area (TPSA) is 90.2 Å². The fourth-order valence-corrected chi connectivity index (χ4v) is 4.49. The maximum absolute atomic E-state index is 14.0. The number of hydrogen-bond donors (Lipinski definition) is 2. The van der Waals surface area contributed by atoms with E-state index in [1.54, 1.807) is 12.3 Å². The van der Waals surface area contributed by atoms with Crippen LogP contribution in [0, 0.1) is 5.82 Å². The zero-order valence-electron chi connectivity index (χ0n) is 19.4. The Labute approximate surface area is 194 Å². The van der Waals surface area contributed by atoms with Gasteiger partial charge < -0.3 is 15.5 Å². The van der Waals surface area contributed by atoms with Gasteiger partial charge in [0.15, 0.2) is 0 Å². The molecule has 1 atom stereocenters. The number of likely N-dealkylation sites (tertiary alicyclic amines) is 1. The highest BCUT2D eigenvalue weighted by Crippen LogP contribution is 2.34. The zero-order valence-corrected chi connectivity index (χ0v) is 19.4. The van der Waals surface area contributed by atoms with E-state index in [0.717, 1.165) is 68.3 Å². The zero-order chi connectivity index (χ0) is 23.2. The Hall–Kier alpha value is -3.04. The fraction of sp³-hybridized carbons (Fsp3) is 0.458. The summed E-state index contributed by atoms with van der Waals surface area (Å²) in [6, 6.07) is 7.23. The molecule has 5 rings (SSSR count). The minimum absolute atomic E-state index is 0.175. The molecular weight excluding hydrogens is 419 g/mol. The van der Waals surface area contributed by atoms with Gasteiger partial charge in [-0.2, -0.15) is 5.10 Å². The molecule has 2 saturated heterocycles. The van der Waals surface area contributed by atoms with E-state index in [0.29, 0.717) is 5.82 Å². The molecule has 4 heterocycles. The standard InChI is InChI=1S/C22H27FN8.C2H6/c23-18-4-1-3-16(11-18)19(14-29-5-2-6-29)30-7-9-31(10-8-30)22-20(17-12-27-28-13-17)21(24)25-15-26-22;1-2/h1,3-4,11-13,15,19H,2,5-10,14H2,(H,27,28)(H2,24,25,26);1-2H3. The maximum Gasteiger partial charge on any atom is 0.142 e. The van der Waals surface area contributed by atoms with Crippen LogP contribution in [0.1, 0.15) is 31.9 Å². The molecule has 2 fully saturated rings. The summed E-state index contributed by atoms with van der Waals surface area (Å²) in [5.74, 6) is 1.11. The van der Waals surface area contributed by atoms with Crippen molar-refractivity contribution in [3.63, 3.8) is 0 Å². The molecule has 3 aromatic rings. The number of piperazine rings is 1. The number of halogens is 1. The number of rotatable bonds is 6. The molecule has 8 nitrogen and oxygen atoms in total. The fourth-order valence-electron chi connectivity index (χ4n) is 4.49. The molecule has 9 heteroatoms. The summed E-state index contributed by atoms with van der Waals surface area (Å²) in [5, 5.41) is 6.88. The van der Waals surface area contributed by atoms with Crippen molar-refractivity contribution in [2.75, 3.05) is 56.4 Å². The number of hydrogen-bond acceptors (Lipinski definition) is 7. The number of nitrogens with two attached hydrogens (primary N) is 1. The predicted molar refractivity (Wildman–Crippen MR) is 129 cm³/mol. The number of nitrogens with zero attached hydrogens (tertiary/aromatic N) is 6. The Morgan fingerprint density at radius 1 is 1.09 bits per heavy atom. The van der Waals surface area contributed by atoms with Gasteiger partial charge in [0.1, 0.15) is 23.8 Å². The quantitative estimate of drug-likeness (QED) is 0.594. The number of benzene rings is 1. The second kappa shape index (κ2) is 10.7. The van der Waals surface area contributed by atoms with Gasteiger partial charge in [0.05, 0.1) is 11.8 Å². The molecule has 0 amide bonds. The largest absolute Gasteiger partial charge is 0.383 e. The summed E-state index contributed by atoms with van der Waals surface area (Å²) in [5.41, 5.74) is 8.93. The number of nitrogen functional groups attached to an aromatic ring is 1. The van der Waals surface area contributed by atoms with Gasteiger partial charge in [0.25, 0.3) is 0 Å². The monoisotopic (exact) mass is 452 g/mol. The number of aromatic amines is 1. The second-order valence-electron chi connectivity index (χ2n) is 8.19. The lowest BCUT2D eigenvalue weighted by molar-refractivity contribution is 0.0964. The normalized spacial score (nSPS) is 17.7. The summed E-state index contributed by atoms with van der Waals surface area (Å²) in [6.45, 7) is 10.5. The molecule has 0 bridgehead atoms. The van der Waals surface area contributed by atoms with Crippen LogP contribution in [-0.2, 0) is 0 Å². The molecule has 2 aromatic heterocycles. The van der Waals surface area contributed by atoms with Gasteiger partial charge >= 0.3 is 0 Å². The number of aromatic nitrogens is 4. The second-order valence-corrected chi connectivity index (χ2v) is 8.19. The Kier molecular flexibility index (Phi) is 7.51. The Bertz CT molecular complexity index is 1010. The third kappa shape index (κ3) is 5.15. The first-order chi connectivity index (χ1) is 16.2. The summed E-state index contributed by atoms with van der Waals surface area (Å²) < 4.78 is 14.0. The molecule has 0 saturated carbocycles. The van der Waals surface area contributed by atoms with E-state index in [1.807, 2.05) is 32.2 Å². The van der Waals surface area contributed by atoms with E-state index in [1.165, 1.54) is 18.8 Å². The third-order valence-electron chi connectivity index (χ3n) is 6.31. The molecule has 0 aliphatic carbocycles. The highest BCUT2D eigenvalue weighted by molar-refractivity contribution is 5.83. The highest BCUT2D eigenvalue weighted by Gasteiger charge is 2.30. The van der Waals surface area contributed by atoms with Crippen LogP contribution in [0.4, 0.5) is 16.0 Å².